The molecule has 8 heteroatoms. The van der Waals surface area contributed by atoms with Gasteiger partial charge >= 0.3 is 0 Å². The lowest BCUT2D eigenvalue weighted by Crippen LogP contribution is -2.38. The maximum Gasteiger partial charge on any atom is 0.274 e. The summed E-state index contributed by atoms with van der Waals surface area (Å²) in [5, 5.41) is 18.0. The van der Waals surface area contributed by atoms with Crippen molar-refractivity contribution in [3.05, 3.63) is 74.8 Å². The molecule has 0 unspecified atom stereocenters. The second kappa shape index (κ2) is 10.9. The molecule has 0 saturated carbocycles. The topological polar surface area (TPSA) is 79.6 Å². The van der Waals surface area contributed by atoms with Crippen LogP contribution in [-0.2, 0) is 13.0 Å². The Bertz CT molecular complexity index is 740. The third-order valence-electron chi connectivity index (χ3n) is 3.50. The third-order valence-corrected chi connectivity index (χ3v) is 3.87. The first-order chi connectivity index (χ1) is 11.6. The van der Waals surface area contributed by atoms with Crippen LogP contribution in [0.2, 0.25) is 5.02 Å². The maximum atomic E-state index is 11.0. The molecule has 25 heavy (non-hydrogen) atoms. The normalized spacial score (nSPS) is 10.7. The molecule has 0 aliphatic carbocycles. The van der Waals surface area contributed by atoms with Gasteiger partial charge in [-0.15, -0.1) is 24.0 Å². The van der Waals surface area contributed by atoms with Gasteiger partial charge in [0.25, 0.3) is 5.69 Å². The molecule has 2 rings (SSSR count). The molecule has 2 aromatic carbocycles. The molecule has 0 saturated heterocycles. The van der Waals surface area contributed by atoms with Crippen molar-refractivity contribution in [2.24, 2.45) is 4.99 Å². The van der Waals surface area contributed by atoms with Crippen LogP contribution in [-0.4, -0.2) is 24.5 Å². The lowest BCUT2D eigenvalue weighted by atomic mass is 10.1. The molecule has 0 heterocycles. The van der Waals surface area contributed by atoms with Crippen LogP contribution in [0.4, 0.5) is 5.69 Å². The minimum atomic E-state index is -0.384. The molecule has 134 valence electrons. The Hall–Kier alpha value is -1.87. The fourth-order valence-electron chi connectivity index (χ4n) is 2.25. The van der Waals surface area contributed by atoms with E-state index >= 15 is 0 Å². The van der Waals surface area contributed by atoms with Crippen LogP contribution < -0.4 is 10.6 Å². The summed E-state index contributed by atoms with van der Waals surface area (Å²) in [4.78, 5) is 14.8. The van der Waals surface area contributed by atoms with Crippen molar-refractivity contribution in [3.8, 4) is 0 Å². The van der Waals surface area contributed by atoms with Crippen molar-refractivity contribution in [1.82, 2.24) is 10.6 Å². The molecule has 0 spiro atoms. The van der Waals surface area contributed by atoms with Crippen molar-refractivity contribution >= 4 is 47.2 Å². The molecule has 0 fully saturated rings. The van der Waals surface area contributed by atoms with Gasteiger partial charge in [0.05, 0.1) is 4.92 Å². The third kappa shape index (κ3) is 6.50. The van der Waals surface area contributed by atoms with Gasteiger partial charge in [-0.3, -0.25) is 15.1 Å². The van der Waals surface area contributed by atoms with Gasteiger partial charge in [0.2, 0.25) is 0 Å². The largest absolute Gasteiger partial charge is 0.356 e. The zero-order valence-corrected chi connectivity index (χ0v) is 16.8. The van der Waals surface area contributed by atoms with Crippen LogP contribution in [0.3, 0.4) is 0 Å². The fraction of sp³-hybridized carbons (Fsp3) is 0.235. The van der Waals surface area contributed by atoms with Gasteiger partial charge in [0.1, 0.15) is 0 Å². The number of nitrogens with zero attached hydrogens (tertiary/aromatic N) is 2. The standard InChI is InChI=1S/C17H19ClN4O2.HI/c1-19-17(20-11-10-13-6-2-4-8-15(13)18)21-12-14-7-3-5-9-16(14)22(23)24;/h2-9H,10-12H2,1H3,(H2,19,20,21);1H. The van der Waals surface area contributed by atoms with Crippen LogP contribution in [0.1, 0.15) is 11.1 Å². The van der Waals surface area contributed by atoms with Gasteiger partial charge in [-0.1, -0.05) is 48.0 Å². The highest BCUT2D eigenvalue weighted by Crippen LogP contribution is 2.17. The van der Waals surface area contributed by atoms with Crippen molar-refractivity contribution in [2.75, 3.05) is 13.6 Å². The summed E-state index contributed by atoms with van der Waals surface area (Å²) in [6, 6.07) is 14.3. The van der Waals surface area contributed by atoms with Crippen LogP contribution in [0, 0.1) is 10.1 Å². The Morgan fingerprint density at radius 3 is 2.40 bits per heavy atom. The van der Waals surface area contributed by atoms with E-state index in [4.69, 9.17) is 11.6 Å². The van der Waals surface area contributed by atoms with Crippen LogP contribution in [0.15, 0.2) is 53.5 Å². The summed E-state index contributed by atoms with van der Waals surface area (Å²) < 4.78 is 0. The summed E-state index contributed by atoms with van der Waals surface area (Å²) in [5.41, 5.74) is 1.76. The number of rotatable bonds is 6. The van der Waals surface area contributed by atoms with Gasteiger partial charge < -0.3 is 10.6 Å². The van der Waals surface area contributed by atoms with Crippen LogP contribution in [0.5, 0.6) is 0 Å². The summed E-state index contributed by atoms with van der Waals surface area (Å²) in [6.45, 7) is 0.975. The lowest BCUT2D eigenvalue weighted by Gasteiger charge is -2.12. The molecule has 0 aliphatic rings. The van der Waals surface area contributed by atoms with Crippen molar-refractivity contribution in [3.63, 3.8) is 0 Å². The number of nitrogens with one attached hydrogen (secondary N) is 2. The van der Waals surface area contributed by atoms with E-state index in [9.17, 15) is 10.1 Å². The summed E-state index contributed by atoms with van der Waals surface area (Å²) >= 11 is 6.12. The van der Waals surface area contributed by atoms with Crippen molar-refractivity contribution in [2.45, 2.75) is 13.0 Å². The summed E-state index contributed by atoms with van der Waals surface area (Å²) in [6.07, 6.45) is 0.756. The molecule has 0 radical (unpaired) electrons. The molecule has 6 nitrogen and oxygen atoms in total. The SMILES string of the molecule is CN=C(NCCc1ccccc1Cl)NCc1ccccc1[N+](=O)[O-].I. The number of hydrogen-bond donors (Lipinski definition) is 2. The van der Waals surface area contributed by atoms with Gasteiger partial charge in [-0.25, -0.2) is 0 Å². The van der Waals surface area contributed by atoms with E-state index in [1.165, 1.54) is 6.07 Å². The highest BCUT2D eigenvalue weighted by molar-refractivity contribution is 14.0. The molecular weight excluding hydrogens is 455 g/mol. The average molecular weight is 475 g/mol. The van der Waals surface area contributed by atoms with Crippen molar-refractivity contribution < 1.29 is 4.92 Å². The second-order valence-electron chi connectivity index (χ2n) is 5.08. The van der Waals surface area contributed by atoms with E-state index in [1.54, 1.807) is 25.2 Å². The molecule has 0 bridgehead atoms. The van der Waals surface area contributed by atoms with Crippen LogP contribution >= 0.6 is 35.6 Å². The van der Waals surface area contributed by atoms with E-state index in [-0.39, 0.29) is 34.6 Å². The number of halogens is 2. The van der Waals surface area contributed by atoms with E-state index in [1.807, 2.05) is 24.3 Å². The molecule has 0 atom stereocenters. The number of nitro benzene ring substituents is 1. The summed E-state index contributed by atoms with van der Waals surface area (Å²) in [5.74, 6) is 0.584. The number of benzene rings is 2. The first-order valence-corrected chi connectivity index (χ1v) is 7.90. The average Bonchev–Trinajstić information content (AvgIpc) is 2.59. The molecule has 0 aliphatic heterocycles. The van der Waals surface area contributed by atoms with Gasteiger partial charge in [-0.2, -0.15) is 0 Å². The Morgan fingerprint density at radius 2 is 1.76 bits per heavy atom. The first-order valence-electron chi connectivity index (χ1n) is 7.52. The number of guanidine groups is 1. The lowest BCUT2D eigenvalue weighted by molar-refractivity contribution is -0.385. The quantitative estimate of drug-likeness (QED) is 0.220. The highest BCUT2D eigenvalue weighted by atomic mass is 127. The zero-order chi connectivity index (χ0) is 17.4. The molecule has 0 aromatic heterocycles. The number of hydrogen-bond acceptors (Lipinski definition) is 3. The van der Waals surface area contributed by atoms with Crippen molar-refractivity contribution in [1.29, 1.82) is 0 Å². The van der Waals surface area contributed by atoms with E-state index in [0.29, 0.717) is 24.6 Å². The first kappa shape index (κ1) is 21.2. The van der Waals surface area contributed by atoms with E-state index in [0.717, 1.165) is 17.0 Å². The molecule has 2 aromatic rings. The van der Waals surface area contributed by atoms with Crippen LogP contribution in [0.25, 0.3) is 0 Å². The second-order valence-corrected chi connectivity index (χ2v) is 5.49. The molecular formula is C17H20ClIN4O2. The Labute approximate surface area is 168 Å². The molecule has 0 amide bonds. The van der Waals surface area contributed by atoms with Gasteiger partial charge in [0, 0.05) is 36.8 Å². The number of nitro groups is 1. The van der Waals surface area contributed by atoms with Gasteiger partial charge in [0.15, 0.2) is 5.96 Å². The minimum absolute atomic E-state index is 0. The number of para-hydroxylation sites is 1. The monoisotopic (exact) mass is 474 g/mol. The fourth-order valence-corrected chi connectivity index (χ4v) is 2.48. The molecule has 2 N–H and O–H groups in total. The smallest absolute Gasteiger partial charge is 0.274 e. The van der Waals surface area contributed by atoms with Gasteiger partial charge in [-0.05, 0) is 18.1 Å². The number of aliphatic imine (C=N–C) groups is 1. The van der Waals surface area contributed by atoms with E-state index in [2.05, 4.69) is 15.6 Å². The minimum Gasteiger partial charge on any atom is -0.356 e. The Balaban J connectivity index is 0.00000312. The predicted octanol–water partition coefficient (Wildman–Crippen LogP) is 3.77. The Kier molecular flexibility index (Phi) is 9.22. The zero-order valence-electron chi connectivity index (χ0n) is 13.7. The highest BCUT2D eigenvalue weighted by Gasteiger charge is 2.12. The summed E-state index contributed by atoms with van der Waals surface area (Å²) in [7, 11) is 1.66. The van der Waals surface area contributed by atoms with E-state index < -0.39 is 0 Å². The maximum absolute atomic E-state index is 11.0. The Morgan fingerprint density at radius 1 is 1.12 bits per heavy atom. The predicted molar refractivity (Wildman–Crippen MR) is 112 cm³/mol.